The average Bonchev–Trinajstić information content (AvgIpc) is 2.88. The number of aryl methyl sites for hydroxylation is 1. The number of rotatable bonds is 4. The molecule has 2 aliphatic rings. The third-order valence-corrected chi connectivity index (χ3v) is 5.77. The minimum atomic E-state index is -1.15. The quantitative estimate of drug-likeness (QED) is 0.614. The number of aliphatic hydroxyl groups is 1. The molecule has 0 spiro atoms. The molecule has 1 fully saturated rings. The number of amides is 1. The summed E-state index contributed by atoms with van der Waals surface area (Å²) >= 11 is 2.72. The Morgan fingerprint density at radius 2 is 2.43 bits per heavy atom. The predicted molar refractivity (Wildman–Crippen MR) is 75.7 cm³/mol. The lowest BCUT2D eigenvalue weighted by Crippen LogP contribution is -2.64. The first-order chi connectivity index (χ1) is 10.0. The van der Waals surface area contributed by atoms with Crippen LogP contribution in [-0.4, -0.2) is 55.0 Å². The van der Waals surface area contributed by atoms with Crippen LogP contribution >= 0.6 is 23.5 Å². The molecule has 0 bridgehead atoms. The second-order valence-electron chi connectivity index (χ2n) is 4.63. The fourth-order valence-corrected chi connectivity index (χ4v) is 4.54. The van der Waals surface area contributed by atoms with Gasteiger partial charge in [0.05, 0.1) is 5.69 Å². The summed E-state index contributed by atoms with van der Waals surface area (Å²) in [5.74, 6) is -0.835. The van der Waals surface area contributed by atoms with Crippen LogP contribution in [0.2, 0.25) is 0 Å². The smallest absolute Gasteiger partial charge is 0.352 e. The minimum absolute atomic E-state index is 0.0151. The molecule has 1 saturated heterocycles. The first kappa shape index (κ1) is 14.5. The molecule has 0 aromatic carbocycles. The summed E-state index contributed by atoms with van der Waals surface area (Å²) in [6.45, 7) is 1.80. The Morgan fingerprint density at radius 1 is 1.67 bits per heavy atom. The Balaban J connectivity index is 1.83. The van der Waals surface area contributed by atoms with Gasteiger partial charge in [-0.2, -0.15) is 0 Å². The normalized spacial score (nSPS) is 24.9. The number of aliphatic hydroxyl groups excluding tert-OH is 1. The summed E-state index contributed by atoms with van der Waals surface area (Å²) in [6.07, 6.45) is 0.237. The van der Waals surface area contributed by atoms with Gasteiger partial charge in [0.15, 0.2) is 17.6 Å². The molecule has 0 saturated carbocycles. The van der Waals surface area contributed by atoms with E-state index >= 15 is 0 Å². The Kier molecular flexibility index (Phi) is 3.72. The predicted octanol–water partition coefficient (Wildman–Crippen LogP) is 0.690. The number of β-lactam (4-membered cyclic amide) rings is 1. The summed E-state index contributed by atoms with van der Waals surface area (Å²) in [6, 6.07) is 0. The molecule has 1 amide bonds. The van der Waals surface area contributed by atoms with E-state index < -0.39 is 23.4 Å². The fraction of sp³-hybridized carbons (Fsp3) is 0.417. The van der Waals surface area contributed by atoms with Crippen LogP contribution in [0.1, 0.15) is 5.69 Å². The van der Waals surface area contributed by atoms with Gasteiger partial charge in [-0.15, -0.1) is 11.8 Å². The van der Waals surface area contributed by atoms with Crippen molar-refractivity contribution in [2.75, 3.05) is 11.5 Å². The van der Waals surface area contributed by atoms with Gasteiger partial charge in [-0.1, -0.05) is 11.8 Å². The second-order valence-corrected chi connectivity index (χ2v) is 6.68. The molecule has 1 aromatic rings. The van der Waals surface area contributed by atoms with Gasteiger partial charge in [-0.05, 0) is 12.5 Å². The molecule has 9 heteroatoms. The molecule has 3 heterocycles. The van der Waals surface area contributed by atoms with Crippen molar-refractivity contribution in [1.82, 2.24) is 9.88 Å². The van der Waals surface area contributed by atoms with E-state index in [0.717, 1.165) is 5.69 Å². The molecule has 2 atom stereocenters. The molecule has 0 radical (unpaired) electrons. The number of carbonyl (C=O) groups excluding carboxylic acids is 1. The highest BCUT2D eigenvalue weighted by molar-refractivity contribution is 8.01. The van der Waals surface area contributed by atoms with E-state index in [1.54, 1.807) is 6.92 Å². The van der Waals surface area contributed by atoms with Gasteiger partial charge in [0, 0.05) is 11.5 Å². The van der Waals surface area contributed by atoms with Crippen molar-refractivity contribution in [1.29, 1.82) is 0 Å². The van der Waals surface area contributed by atoms with Crippen molar-refractivity contribution in [2.24, 2.45) is 0 Å². The lowest BCUT2D eigenvalue weighted by molar-refractivity contribution is -0.159. The SMILES string of the molecule is Cc1ncoc1SCC1=C(C(=O)O)N2C(=O)[C@@H](O)[C@@H]2SC1. The molecule has 112 valence electrons. The van der Waals surface area contributed by atoms with Crippen LogP contribution in [-0.2, 0) is 9.59 Å². The number of aromatic nitrogens is 1. The Morgan fingerprint density at radius 3 is 3.05 bits per heavy atom. The van der Waals surface area contributed by atoms with Crippen LogP contribution in [0, 0.1) is 6.92 Å². The van der Waals surface area contributed by atoms with Crippen molar-refractivity contribution < 1.29 is 24.2 Å². The molecule has 21 heavy (non-hydrogen) atoms. The van der Waals surface area contributed by atoms with Gasteiger partial charge in [0.1, 0.15) is 11.1 Å². The number of hydrogen-bond acceptors (Lipinski definition) is 7. The van der Waals surface area contributed by atoms with Gasteiger partial charge in [0.2, 0.25) is 0 Å². The molecular weight excluding hydrogens is 316 g/mol. The first-order valence-electron chi connectivity index (χ1n) is 6.11. The number of hydrogen-bond donors (Lipinski definition) is 2. The number of aliphatic carboxylic acids is 1. The van der Waals surface area contributed by atoms with E-state index in [4.69, 9.17) is 4.42 Å². The van der Waals surface area contributed by atoms with Gasteiger partial charge >= 0.3 is 5.97 Å². The zero-order chi connectivity index (χ0) is 15.1. The molecular formula is C12H12N2O5S2. The highest BCUT2D eigenvalue weighted by Gasteiger charge is 2.52. The van der Waals surface area contributed by atoms with Gasteiger partial charge in [-0.25, -0.2) is 9.78 Å². The van der Waals surface area contributed by atoms with Crippen LogP contribution in [0.3, 0.4) is 0 Å². The monoisotopic (exact) mass is 328 g/mol. The Labute approximate surface area is 128 Å². The molecule has 1 aromatic heterocycles. The van der Waals surface area contributed by atoms with E-state index in [1.165, 1.54) is 34.8 Å². The van der Waals surface area contributed by atoms with E-state index in [1.807, 2.05) is 0 Å². The highest BCUT2D eigenvalue weighted by atomic mass is 32.2. The average molecular weight is 328 g/mol. The van der Waals surface area contributed by atoms with Crippen LogP contribution in [0.15, 0.2) is 27.2 Å². The highest BCUT2D eigenvalue weighted by Crippen LogP contribution is 2.41. The molecule has 7 nitrogen and oxygen atoms in total. The first-order valence-corrected chi connectivity index (χ1v) is 8.15. The van der Waals surface area contributed by atoms with Gasteiger partial charge in [-0.3, -0.25) is 9.69 Å². The molecule has 0 aliphatic carbocycles. The molecule has 3 rings (SSSR count). The van der Waals surface area contributed by atoms with Crippen LogP contribution in [0.5, 0.6) is 0 Å². The van der Waals surface area contributed by atoms with Crippen LogP contribution in [0.4, 0.5) is 0 Å². The van der Waals surface area contributed by atoms with Crippen molar-refractivity contribution in [3.63, 3.8) is 0 Å². The number of carbonyl (C=O) groups is 2. The van der Waals surface area contributed by atoms with E-state index in [2.05, 4.69) is 4.98 Å². The summed E-state index contributed by atoms with van der Waals surface area (Å²) in [7, 11) is 0. The number of carboxylic acid groups (broad SMARTS) is 1. The van der Waals surface area contributed by atoms with E-state index in [0.29, 0.717) is 22.2 Å². The number of carboxylic acids is 1. The molecule has 0 unspecified atom stereocenters. The third kappa shape index (κ3) is 2.34. The van der Waals surface area contributed by atoms with Crippen molar-refractivity contribution in [3.05, 3.63) is 23.4 Å². The lowest BCUT2D eigenvalue weighted by Gasteiger charge is -2.47. The van der Waals surface area contributed by atoms with E-state index in [-0.39, 0.29) is 5.70 Å². The Hall–Kier alpha value is -1.45. The van der Waals surface area contributed by atoms with Crippen molar-refractivity contribution >= 4 is 35.4 Å². The van der Waals surface area contributed by atoms with Crippen molar-refractivity contribution in [2.45, 2.75) is 23.5 Å². The van der Waals surface area contributed by atoms with Crippen LogP contribution in [0.25, 0.3) is 0 Å². The van der Waals surface area contributed by atoms with Crippen molar-refractivity contribution in [3.8, 4) is 0 Å². The summed E-state index contributed by atoms with van der Waals surface area (Å²) < 4.78 is 5.21. The number of fused-ring (bicyclic) bond motifs is 1. The maximum absolute atomic E-state index is 11.7. The van der Waals surface area contributed by atoms with Gasteiger partial charge in [0.25, 0.3) is 5.91 Å². The summed E-state index contributed by atoms with van der Waals surface area (Å²) in [5.41, 5.74) is 1.37. The van der Waals surface area contributed by atoms with Crippen LogP contribution < -0.4 is 0 Å². The molecule has 2 aliphatic heterocycles. The van der Waals surface area contributed by atoms with E-state index in [9.17, 15) is 19.8 Å². The molecule has 2 N–H and O–H groups in total. The maximum atomic E-state index is 11.7. The third-order valence-electron chi connectivity index (χ3n) is 3.30. The number of oxazole rings is 1. The number of nitrogens with zero attached hydrogens (tertiary/aromatic N) is 2. The summed E-state index contributed by atoms with van der Waals surface area (Å²) in [4.78, 5) is 28.3. The minimum Gasteiger partial charge on any atom is -0.477 e. The summed E-state index contributed by atoms with van der Waals surface area (Å²) in [5, 5.41) is 19.1. The number of thioether (sulfide) groups is 2. The Bertz CT molecular complexity index is 641. The second kappa shape index (κ2) is 5.39. The van der Waals surface area contributed by atoms with Gasteiger partial charge < -0.3 is 14.6 Å². The topological polar surface area (TPSA) is 104 Å². The zero-order valence-electron chi connectivity index (χ0n) is 11.0. The maximum Gasteiger partial charge on any atom is 0.352 e. The largest absolute Gasteiger partial charge is 0.477 e. The fourth-order valence-electron chi connectivity index (χ4n) is 2.22. The lowest BCUT2D eigenvalue weighted by atomic mass is 10.1. The standard InChI is InChI=1S/C12H12N2O5S2/c1-5-12(19-4-13-5)21-3-6-2-20-10-8(15)9(16)14(10)7(6)11(17)18/h4,8,10,15H,2-3H2,1H3,(H,17,18)/t8-,10+/m1/s1. The zero-order valence-corrected chi connectivity index (χ0v) is 12.6.